The SMILES string of the molecule is Cc1cc(C(=O)Nc2nc3ccc(N4CCC(NCCN(C)C)CC4)cc3n2[C@H]2CC[C@@H](O)CC2)cc(-c2cnn(C)c2C)n1. The summed E-state index contributed by atoms with van der Waals surface area (Å²) in [6, 6.07) is 10.8. The van der Waals surface area contributed by atoms with E-state index >= 15 is 0 Å². The number of imidazole rings is 1. The maximum Gasteiger partial charge on any atom is 0.258 e. The van der Waals surface area contributed by atoms with Gasteiger partial charge >= 0.3 is 0 Å². The Labute approximate surface area is 265 Å². The van der Waals surface area contributed by atoms with Gasteiger partial charge in [0, 0.05) is 73.5 Å². The number of hydrogen-bond acceptors (Lipinski definition) is 8. The molecule has 11 nitrogen and oxygen atoms in total. The van der Waals surface area contributed by atoms with E-state index in [2.05, 4.69) is 62.4 Å². The van der Waals surface area contributed by atoms with Crippen LogP contribution in [0.5, 0.6) is 0 Å². The number of anilines is 2. The molecular weight excluding hydrogens is 566 g/mol. The van der Waals surface area contributed by atoms with Gasteiger partial charge in [-0.25, -0.2) is 4.98 Å². The van der Waals surface area contributed by atoms with E-state index in [0.29, 0.717) is 17.6 Å². The predicted molar refractivity (Wildman–Crippen MR) is 179 cm³/mol. The van der Waals surface area contributed by atoms with Crippen LogP contribution in [-0.2, 0) is 7.05 Å². The Morgan fingerprint density at radius 2 is 1.78 bits per heavy atom. The summed E-state index contributed by atoms with van der Waals surface area (Å²) in [5.41, 5.74) is 6.97. The molecule has 6 rings (SSSR count). The molecule has 0 radical (unpaired) electrons. The minimum Gasteiger partial charge on any atom is -0.393 e. The number of benzene rings is 1. The summed E-state index contributed by atoms with van der Waals surface area (Å²) in [7, 11) is 6.12. The zero-order valence-electron chi connectivity index (χ0n) is 27.3. The van der Waals surface area contributed by atoms with Gasteiger partial charge in [-0.15, -0.1) is 0 Å². The minimum absolute atomic E-state index is 0.142. The number of rotatable bonds is 9. The fraction of sp³-hybridized carbons (Fsp3) is 0.529. The van der Waals surface area contributed by atoms with Gasteiger partial charge in [0.25, 0.3) is 5.91 Å². The molecule has 1 saturated carbocycles. The summed E-state index contributed by atoms with van der Waals surface area (Å²) in [5.74, 6) is 0.325. The van der Waals surface area contributed by atoms with Gasteiger partial charge in [0.05, 0.1) is 29.0 Å². The van der Waals surface area contributed by atoms with Crippen molar-refractivity contribution in [3.05, 3.63) is 53.5 Å². The number of likely N-dealkylation sites (N-methyl/N-ethyl adjacent to an activating group) is 1. The standard InChI is InChI=1S/C34H47N9O2/c1-22-18-24(19-31(37-22)29-21-36-41(5)23(29)2)33(45)39-34-38-30-11-8-27(20-32(30)43(34)26-6-9-28(44)10-7-26)42-15-12-25(13-16-42)35-14-17-40(3)4/h8,11,18-21,25-26,28,35,44H,6-7,9-10,12-17H2,1-5H3,(H,38,39,45)/t26-,28+. The molecule has 240 valence electrons. The van der Waals surface area contributed by atoms with Gasteiger partial charge in [0.2, 0.25) is 5.95 Å². The molecule has 0 bridgehead atoms. The molecular formula is C34H47N9O2. The zero-order chi connectivity index (χ0) is 31.7. The van der Waals surface area contributed by atoms with Crippen LogP contribution in [0.4, 0.5) is 11.6 Å². The van der Waals surface area contributed by atoms with E-state index in [-0.39, 0.29) is 18.1 Å². The number of aromatic nitrogens is 5. The van der Waals surface area contributed by atoms with E-state index in [1.165, 1.54) is 5.69 Å². The second-order valence-electron chi connectivity index (χ2n) is 13.1. The number of nitrogens with one attached hydrogen (secondary N) is 2. The topological polar surface area (TPSA) is 116 Å². The summed E-state index contributed by atoms with van der Waals surface area (Å²) in [6.45, 7) is 7.95. The van der Waals surface area contributed by atoms with Crippen molar-refractivity contribution in [2.75, 3.05) is 50.5 Å². The van der Waals surface area contributed by atoms with Gasteiger partial charge in [-0.05, 0) is 96.8 Å². The molecule has 1 aromatic carbocycles. The van der Waals surface area contributed by atoms with Crippen molar-refractivity contribution in [2.24, 2.45) is 7.05 Å². The highest BCUT2D eigenvalue weighted by Crippen LogP contribution is 2.36. The van der Waals surface area contributed by atoms with Crippen LogP contribution < -0.4 is 15.5 Å². The lowest BCUT2D eigenvalue weighted by atomic mass is 9.93. The van der Waals surface area contributed by atoms with Crippen LogP contribution in [0.25, 0.3) is 22.3 Å². The Morgan fingerprint density at radius 1 is 1.02 bits per heavy atom. The average molecular weight is 614 g/mol. The fourth-order valence-electron chi connectivity index (χ4n) is 6.75. The first kappa shape index (κ1) is 31.2. The van der Waals surface area contributed by atoms with Crippen LogP contribution >= 0.6 is 0 Å². The summed E-state index contributed by atoms with van der Waals surface area (Å²) in [6.07, 6.45) is 6.89. The van der Waals surface area contributed by atoms with Crippen molar-refractivity contribution < 1.29 is 9.90 Å². The van der Waals surface area contributed by atoms with Crippen LogP contribution in [0.2, 0.25) is 0 Å². The number of aryl methyl sites for hydroxylation is 2. The van der Waals surface area contributed by atoms with Crippen molar-refractivity contribution in [2.45, 2.75) is 70.6 Å². The van der Waals surface area contributed by atoms with Gasteiger partial charge < -0.3 is 24.8 Å². The number of nitrogens with zero attached hydrogens (tertiary/aromatic N) is 7. The molecule has 1 amide bonds. The molecule has 4 aromatic rings. The Bertz CT molecular complexity index is 1640. The maximum atomic E-state index is 13.8. The third-order valence-electron chi connectivity index (χ3n) is 9.51. The van der Waals surface area contributed by atoms with Crippen LogP contribution in [0.15, 0.2) is 36.5 Å². The Kier molecular flexibility index (Phi) is 9.21. The number of hydrogen-bond donors (Lipinski definition) is 3. The lowest BCUT2D eigenvalue weighted by molar-refractivity contribution is 0.102. The van der Waals surface area contributed by atoms with Crippen molar-refractivity contribution in [1.82, 2.24) is 34.5 Å². The number of fused-ring (bicyclic) bond motifs is 1. The van der Waals surface area contributed by atoms with Crippen molar-refractivity contribution in [1.29, 1.82) is 0 Å². The summed E-state index contributed by atoms with van der Waals surface area (Å²) in [4.78, 5) is 28.1. The van der Waals surface area contributed by atoms with Gasteiger partial charge in [0.1, 0.15) is 0 Å². The molecule has 0 spiro atoms. The third kappa shape index (κ3) is 6.90. The van der Waals surface area contributed by atoms with E-state index in [0.717, 1.165) is 98.4 Å². The zero-order valence-corrected chi connectivity index (χ0v) is 27.3. The van der Waals surface area contributed by atoms with Crippen molar-refractivity contribution in [3.8, 4) is 11.3 Å². The van der Waals surface area contributed by atoms with Crippen LogP contribution in [0.3, 0.4) is 0 Å². The summed E-state index contributed by atoms with van der Waals surface area (Å²) >= 11 is 0. The third-order valence-corrected chi connectivity index (χ3v) is 9.51. The Balaban J connectivity index is 1.27. The first-order chi connectivity index (χ1) is 21.7. The summed E-state index contributed by atoms with van der Waals surface area (Å²) in [5, 5.41) is 21.5. The first-order valence-corrected chi connectivity index (χ1v) is 16.3. The van der Waals surface area contributed by atoms with Gasteiger partial charge in [-0.1, -0.05) is 0 Å². The number of pyridine rings is 1. The predicted octanol–water partition coefficient (Wildman–Crippen LogP) is 4.30. The number of carbonyl (C=O) groups excluding carboxylic acids is 1. The van der Waals surface area contributed by atoms with Crippen LogP contribution in [0.1, 0.15) is 66.3 Å². The lowest BCUT2D eigenvalue weighted by Crippen LogP contribution is -2.44. The molecule has 4 heterocycles. The number of amides is 1. The van der Waals surface area contributed by atoms with Crippen molar-refractivity contribution in [3.63, 3.8) is 0 Å². The molecule has 1 saturated heterocycles. The molecule has 3 N–H and O–H groups in total. The van der Waals surface area contributed by atoms with Gasteiger partial charge in [-0.3, -0.25) is 19.8 Å². The van der Waals surface area contributed by atoms with E-state index in [9.17, 15) is 9.90 Å². The lowest BCUT2D eigenvalue weighted by Gasteiger charge is -2.34. The summed E-state index contributed by atoms with van der Waals surface area (Å²) < 4.78 is 4.01. The second-order valence-corrected chi connectivity index (χ2v) is 13.1. The van der Waals surface area contributed by atoms with E-state index in [4.69, 9.17) is 9.97 Å². The van der Waals surface area contributed by atoms with Crippen LogP contribution in [0, 0.1) is 13.8 Å². The Morgan fingerprint density at radius 3 is 2.47 bits per heavy atom. The smallest absolute Gasteiger partial charge is 0.258 e. The molecule has 0 atom stereocenters. The van der Waals surface area contributed by atoms with Crippen molar-refractivity contribution >= 4 is 28.6 Å². The highest BCUT2D eigenvalue weighted by atomic mass is 16.3. The second kappa shape index (κ2) is 13.3. The molecule has 1 aliphatic heterocycles. The average Bonchev–Trinajstić information content (AvgIpc) is 3.55. The number of aliphatic hydroxyl groups excluding tert-OH is 1. The quantitative estimate of drug-likeness (QED) is 0.256. The van der Waals surface area contributed by atoms with E-state index in [1.807, 2.05) is 37.7 Å². The normalized spacial score (nSPS) is 19.5. The van der Waals surface area contributed by atoms with Gasteiger partial charge in [0.15, 0.2) is 0 Å². The highest BCUT2D eigenvalue weighted by Gasteiger charge is 2.27. The molecule has 1 aliphatic carbocycles. The largest absolute Gasteiger partial charge is 0.393 e. The molecule has 45 heavy (non-hydrogen) atoms. The molecule has 2 aliphatic rings. The molecule has 0 unspecified atom stereocenters. The molecule has 3 aromatic heterocycles. The first-order valence-electron chi connectivity index (χ1n) is 16.3. The molecule has 11 heteroatoms. The number of aliphatic hydroxyl groups is 1. The Hall–Kier alpha value is -3.80. The van der Waals surface area contributed by atoms with E-state index < -0.39 is 0 Å². The van der Waals surface area contributed by atoms with Crippen LogP contribution in [-0.4, -0.2) is 92.6 Å². The van der Waals surface area contributed by atoms with E-state index in [1.54, 1.807) is 6.20 Å². The number of piperidine rings is 1. The molecule has 2 fully saturated rings. The number of carbonyl (C=O) groups is 1. The maximum absolute atomic E-state index is 13.8. The minimum atomic E-state index is -0.272. The van der Waals surface area contributed by atoms with Gasteiger partial charge in [-0.2, -0.15) is 5.10 Å². The fourth-order valence-corrected chi connectivity index (χ4v) is 6.75. The monoisotopic (exact) mass is 613 g/mol. The highest BCUT2D eigenvalue weighted by molar-refractivity contribution is 6.05.